The monoisotopic (exact) mass is 265 g/mol. The van der Waals surface area contributed by atoms with E-state index in [0.717, 1.165) is 0 Å². The van der Waals surface area contributed by atoms with Gasteiger partial charge in [0.05, 0.1) is 16.9 Å². The number of hydrogen-bond acceptors (Lipinski definition) is 5. The fraction of sp³-hybridized carbons (Fsp3) is 0.250. The molecule has 0 aliphatic carbocycles. The molecule has 0 radical (unpaired) electrons. The van der Waals surface area contributed by atoms with E-state index in [2.05, 4.69) is 0 Å². The number of hydrogen-bond donors (Lipinski definition) is 1. The number of nitro groups is 1. The van der Waals surface area contributed by atoms with Gasteiger partial charge in [0.25, 0.3) is 5.69 Å². The van der Waals surface area contributed by atoms with Crippen molar-refractivity contribution in [2.24, 2.45) is 5.92 Å². The number of benzene rings is 1. The Morgan fingerprint density at radius 2 is 2.28 bits per heavy atom. The molecule has 1 aromatic rings. The number of aliphatic hydroxyl groups excluding tert-OH is 1. The first-order valence-electron chi connectivity index (χ1n) is 5.34. The van der Waals surface area contributed by atoms with Crippen LogP contribution in [0.4, 0.5) is 5.69 Å². The molecule has 1 heterocycles. The molecular formula is C12H11NO4S. The summed E-state index contributed by atoms with van der Waals surface area (Å²) in [6, 6.07) is 5.76. The summed E-state index contributed by atoms with van der Waals surface area (Å²) in [5.41, 5.74) is 0.316. The van der Waals surface area contributed by atoms with Gasteiger partial charge in [0.2, 0.25) is 0 Å². The third-order valence-corrected chi connectivity index (χ3v) is 3.65. The highest BCUT2D eigenvalue weighted by molar-refractivity contribution is 8.02. The first kappa shape index (κ1) is 12.8. The summed E-state index contributed by atoms with van der Waals surface area (Å²) < 4.78 is 0. The molecule has 0 bridgehead atoms. The van der Waals surface area contributed by atoms with Gasteiger partial charge >= 0.3 is 0 Å². The van der Waals surface area contributed by atoms with E-state index in [1.807, 2.05) is 0 Å². The van der Waals surface area contributed by atoms with Gasteiger partial charge in [0.1, 0.15) is 0 Å². The van der Waals surface area contributed by atoms with Crippen molar-refractivity contribution >= 4 is 23.2 Å². The molecule has 0 amide bonds. The van der Waals surface area contributed by atoms with Crippen LogP contribution in [0, 0.1) is 16.0 Å². The fourth-order valence-electron chi connectivity index (χ4n) is 1.78. The van der Waals surface area contributed by atoms with Crippen molar-refractivity contribution in [3.8, 4) is 0 Å². The Morgan fingerprint density at radius 3 is 2.94 bits per heavy atom. The minimum Gasteiger partial charge on any atom is -0.388 e. The number of allylic oxidation sites excluding steroid dienone is 1. The zero-order valence-electron chi connectivity index (χ0n) is 9.35. The summed E-state index contributed by atoms with van der Waals surface area (Å²) in [7, 11) is 0. The van der Waals surface area contributed by atoms with Crippen molar-refractivity contribution in [3.05, 3.63) is 51.4 Å². The Hall–Kier alpha value is -1.66. The highest BCUT2D eigenvalue weighted by atomic mass is 32.2. The van der Waals surface area contributed by atoms with Crippen LogP contribution in [-0.2, 0) is 4.79 Å². The zero-order chi connectivity index (χ0) is 13.1. The highest BCUT2D eigenvalue weighted by Crippen LogP contribution is 2.31. The molecular weight excluding hydrogens is 254 g/mol. The lowest BCUT2D eigenvalue weighted by molar-refractivity contribution is -0.385. The van der Waals surface area contributed by atoms with Gasteiger partial charge in [-0.1, -0.05) is 12.1 Å². The van der Waals surface area contributed by atoms with Crippen molar-refractivity contribution in [2.75, 3.05) is 5.75 Å². The topological polar surface area (TPSA) is 80.4 Å². The van der Waals surface area contributed by atoms with E-state index in [1.54, 1.807) is 11.5 Å². The maximum absolute atomic E-state index is 11.6. The van der Waals surface area contributed by atoms with Crippen LogP contribution in [0.1, 0.15) is 11.7 Å². The normalized spacial score (nSPS) is 20.7. The predicted octanol–water partition coefficient (Wildman–Crippen LogP) is 2.07. The second-order valence-corrected chi connectivity index (χ2v) is 4.88. The van der Waals surface area contributed by atoms with Gasteiger partial charge in [-0.3, -0.25) is 14.9 Å². The van der Waals surface area contributed by atoms with Crippen molar-refractivity contribution in [2.45, 2.75) is 6.10 Å². The molecule has 1 aromatic carbocycles. The third-order valence-electron chi connectivity index (χ3n) is 2.77. The quantitative estimate of drug-likeness (QED) is 0.668. The van der Waals surface area contributed by atoms with Gasteiger partial charge < -0.3 is 5.11 Å². The van der Waals surface area contributed by atoms with Crippen molar-refractivity contribution in [3.63, 3.8) is 0 Å². The van der Waals surface area contributed by atoms with Gasteiger partial charge in [-0.25, -0.2) is 0 Å². The largest absolute Gasteiger partial charge is 0.388 e. The average Bonchev–Trinajstić information content (AvgIpc) is 2.38. The molecule has 1 N–H and O–H groups in total. The number of rotatable bonds is 3. The van der Waals surface area contributed by atoms with Crippen LogP contribution in [0.25, 0.3) is 0 Å². The Balaban J connectivity index is 2.25. The number of nitrogens with zero attached hydrogens (tertiary/aromatic N) is 1. The molecule has 1 aliphatic heterocycles. The Bertz CT molecular complexity index is 515. The summed E-state index contributed by atoms with van der Waals surface area (Å²) >= 11 is 1.44. The highest BCUT2D eigenvalue weighted by Gasteiger charge is 2.28. The number of non-ortho nitro benzene ring substituents is 1. The molecule has 2 rings (SSSR count). The molecule has 0 spiro atoms. The van der Waals surface area contributed by atoms with Crippen molar-refractivity contribution < 1.29 is 14.8 Å². The van der Waals surface area contributed by atoms with Crippen molar-refractivity contribution in [1.29, 1.82) is 0 Å². The van der Waals surface area contributed by atoms with Crippen LogP contribution in [0.2, 0.25) is 0 Å². The number of thioether (sulfide) groups is 1. The molecule has 0 saturated heterocycles. The number of aliphatic hydroxyl groups is 1. The predicted molar refractivity (Wildman–Crippen MR) is 68.2 cm³/mol. The molecule has 18 heavy (non-hydrogen) atoms. The average molecular weight is 265 g/mol. The second-order valence-electron chi connectivity index (χ2n) is 3.94. The third kappa shape index (κ3) is 2.60. The van der Waals surface area contributed by atoms with E-state index in [-0.39, 0.29) is 11.5 Å². The minimum atomic E-state index is -1.00. The van der Waals surface area contributed by atoms with E-state index in [4.69, 9.17) is 0 Å². The summed E-state index contributed by atoms with van der Waals surface area (Å²) in [5, 5.41) is 22.5. The molecule has 6 heteroatoms. The van der Waals surface area contributed by atoms with Crippen LogP contribution in [-0.4, -0.2) is 21.6 Å². The Labute approximate surface area is 108 Å². The van der Waals surface area contributed by atoms with Crippen LogP contribution >= 0.6 is 11.8 Å². The SMILES string of the molecule is O=C1C=CSC[C@@H]1[C@@H](O)c1cccc([N+](=O)[O-])c1. The number of carbonyl (C=O) groups is 1. The summed E-state index contributed by atoms with van der Waals surface area (Å²) in [6.45, 7) is 0. The van der Waals surface area contributed by atoms with E-state index in [0.29, 0.717) is 11.3 Å². The molecule has 0 fully saturated rings. The van der Waals surface area contributed by atoms with Gasteiger partial charge in [0, 0.05) is 17.9 Å². The number of carbonyl (C=O) groups excluding carboxylic acids is 1. The lowest BCUT2D eigenvalue weighted by Gasteiger charge is -2.22. The minimum absolute atomic E-state index is 0.0852. The van der Waals surface area contributed by atoms with E-state index in [9.17, 15) is 20.0 Å². The maximum atomic E-state index is 11.6. The lowest BCUT2D eigenvalue weighted by atomic mass is 9.93. The second kappa shape index (κ2) is 5.32. The summed E-state index contributed by atoms with van der Waals surface area (Å²) in [6.07, 6.45) is 0.425. The van der Waals surface area contributed by atoms with Gasteiger partial charge in [-0.2, -0.15) is 0 Å². The first-order valence-corrected chi connectivity index (χ1v) is 6.39. The van der Waals surface area contributed by atoms with E-state index < -0.39 is 16.9 Å². The van der Waals surface area contributed by atoms with Gasteiger partial charge in [-0.05, 0) is 17.0 Å². The summed E-state index contributed by atoms with van der Waals surface area (Å²) in [5.74, 6) is -0.200. The van der Waals surface area contributed by atoms with E-state index >= 15 is 0 Å². The summed E-state index contributed by atoms with van der Waals surface area (Å²) in [4.78, 5) is 21.8. The molecule has 0 saturated carbocycles. The van der Waals surface area contributed by atoms with Crippen molar-refractivity contribution in [1.82, 2.24) is 0 Å². The standard InChI is InChI=1S/C12H11NO4S/c14-11-4-5-18-7-10(11)12(15)8-2-1-3-9(6-8)13(16)17/h1-6,10,12,15H,7H2/t10-,12-/m0/s1. The van der Waals surface area contributed by atoms with Crippen LogP contribution in [0.5, 0.6) is 0 Å². The van der Waals surface area contributed by atoms with Crippen LogP contribution in [0.3, 0.4) is 0 Å². The fourth-order valence-corrected chi connectivity index (χ4v) is 2.68. The van der Waals surface area contributed by atoms with Gasteiger partial charge in [0.15, 0.2) is 5.78 Å². The van der Waals surface area contributed by atoms with Crippen LogP contribution < -0.4 is 0 Å². The smallest absolute Gasteiger partial charge is 0.269 e. The van der Waals surface area contributed by atoms with Gasteiger partial charge in [-0.15, -0.1) is 11.8 Å². The Kier molecular flexibility index (Phi) is 3.78. The molecule has 0 unspecified atom stereocenters. The first-order chi connectivity index (χ1) is 8.59. The number of ketones is 1. The lowest BCUT2D eigenvalue weighted by Crippen LogP contribution is -2.24. The maximum Gasteiger partial charge on any atom is 0.269 e. The zero-order valence-corrected chi connectivity index (χ0v) is 10.2. The molecule has 94 valence electrons. The molecule has 5 nitrogen and oxygen atoms in total. The van der Waals surface area contributed by atoms with E-state index in [1.165, 1.54) is 36.0 Å². The molecule has 0 aromatic heterocycles. The molecule has 2 atom stereocenters. The van der Waals surface area contributed by atoms with Crippen LogP contribution in [0.15, 0.2) is 35.7 Å². The molecule has 1 aliphatic rings. The number of nitro benzene ring substituents is 1. The Morgan fingerprint density at radius 1 is 1.50 bits per heavy atom.